The van der Waals surface area contributed by atoms with Crippen LogP contribution in [0.15, 0.2) is 99.8 Å². The number of aromatic nitrogens is 5. The van der Waals surface area contributed by atoms with E-state index in [9.17, 15) is 0 Å². The standard InChI is InChI=1S/C32H15N5O2/c1-3-10-23-16(6-1)17-12-13-19-28(30(17)39-23)36-22-9-5-8-21-29(22)37(31(36)33-19)32-34-27-20(35(21)32)14-15-25-26(27)18-7-2-4-11-24(18)38-25/h1-15H. The Kier molecular flexibility index (Phi) is 2.84. The zero-order valence-corrected chi connectivity index (χ0v) is 20.2. The number of para-hydroxylation sites is 3. The minimum atomic E-state index is 0.822. The number of rotatable bonds is 0. The molecule has 0 unspecified atom stereocenters. The van der Waals surface area contributed by atoms with Crippen molar-refractivity contribution in [2.75, 3.05) is 0 Å². The molecule has 0 saturated carbocycles. The Hall–Kier alpha value is -5.56. The van der Waals surface area contributed by atoms with E-state index in [2.05, 4.69) is 73.9 Å². The number of nitrogens with zero attached hydrogens (tertiary/aromatic N) is 5. The number of hydrogen-bond acceptors (Lipinski definition) is 4. The Balaban J connectivity index is 1.39. The highest BCUT2D eigenvalue weighted by Gasteiger charge is 2.26. The Labute approximate surface area is 217 Å². The van der Waals surface area contributed by atoms with Gasteiger partial charge < -0.3 is 8.83 Å². The summed E-state index contributed by atoms with van der Waals surface area (Å²) in [4.78, 5) is 10.4. The summed E-state index contributed by atoms with van der Waals surface area (Å²) in [6.07, 6.45) is 0. The van der Waals surface area contributed by atoms with Crippen molar-refractivity contribution < 1.29 is 8.83 Å². The lowest BCUT2D eigenvalue weighted by Gasteiger charge is -1.98. The molecule has 6 heterocycles. The number of furan rings is 2. The molecule has 5 aromatic carbocycles. The zero-order valence-electron chi connectivity index (χ0n) is 20.2. The predicted molar refractivity (Wildman–Crippen MR) is 153 cm³/mol. The summed E-state index contributed by atoms with van der Waals surface area (Å²) in [5, 5.41) is 4.32. The molecule has 6 aromatic heterocycles. The van der Waals surface area contributed by atoms with Gasteiger partial charge in [-0.05, 0) is 48.5 Å². The van der Waals surface area contributed by atoms with Gasteiger partial charge in [0.1, 0.15) is 33.3 Å². The largest absolute Gasteiger partial charge is 0.456 e. The van der Waals surface area contributed by atoms with Gasteiger partial charge in [0.2, 0.25) is 11.6 Å². The second kappa shape index (κ2) is 5.95. The molecule has 0 radical (unpaired) electrons. The van der Waals surface area contributed by atoms with Crippen LogP contribution in [-0.4, -0.2) is 23.2 Å². The SMILES string of the molecule is c1ccc2c(c1)oc1c2ccc2nc3n(c4cccc5c4n3c3nc4c6c(ccc4n53)oc3ccccc36)c21. The minimum absolute atomic E-state index is 0.822. The van der Waals surface area contributed by atoms with E-state index in [0.717, 1.165) is 94.0 Å². The van der Waals surface area contributed by atoms with Crippen molar-refractivity contribution in [2.45, 2.75) is 0 Å². The molecule has 11 rings (SSSR count). The van der Waals surface area contributed by atoms with E-state index >= 15 is 0 Å². The van der Waals surface area contributed by atoms with Crippen LogP contribution >= 0.6 is 0 Å². The average Bonchev–Trinajstić information content (AvgIpc) is 3.77. The second-order valence-electron chi connectivity index (χ2n) is 10.3. The number of benzene rings is 5. The first kappa shape index (κ1) is 18.6. The number of hydrogen-bond donors (Lipinski definition) is 0. The van der Waals surface area contributed by atoms with Crippen molar-refractivity contribution in [1.82, 2.24) is 23.2 Å². The van der Waals surface area contributed by atoms with E-state index in [1.807, 2.05) is 30.3 Å². The molecule has 0 saturated heterocycles. The van der Waals surface area contributed by atoms with Crippen LogP contribution in [0.1, 0.15) is 0 Å². The summed E-state index contributed by atoms with van der Waals surface area (Å²) in [5.41, 5.74) is 10.6. The third-order valence-corrected chi connectivity index (χ3v) is 8.39. The highest BCUT2D eigenvalue weighted by atomic mass is 16.3. The molecule has 39 heavy (non-hydrogen) atoms. The molecular formula is C32H15N5O2. The Morgan fingerprint density at radius 1 is 0.487 bits per heavy atom. The van der Waals surface area contributed by atoms with Gasteiger partial charge in [-0.2, -0.15) is 0 Å². The molecule has 0 atom stereocenters. The van der Waals surface area contributed by atoms with E-state index < -0.39 is 0 Å². The quantitative estimate of drug-likeness (QED) is 0.212. The molecule has 0 aliphatic rings. The van der Waals surface area contributed by atoms with Crippen molar-refractivity contribution >= 4 is 94.0 Å². The summed E-state index contributed by atoms with van der Waals surface area (Å²) in [6, 6.07) is 31.1. The summed E-state index contributed by atoms with van der Waals surface area (Å²) in [7, 11) is 0. The molecule has 180 valence electrons. The summed E-state index contributed by atoms with van der Waals surface area (Å²) in [5.74, 6) is 1.66. The molecule has 0 bridgehead atoms. The molecule has 11 aromatic rings. The summed E-state index contributed by atoms with van der Waals surface area (Å²) >= 11 is 0. The maximum atomic E-state index is 6.43. The lowest BCUT2D eigenvalue weighted by atomic mass is 10.1. The Morgan fingerprint density at radius 2 is 1.26 bits per heavy atom. The fraction of sp³-hybridized carbons (Fsp3) is 0. The van der Waals surface area contributed by atoms with Gasteiger partial charge in [0.25, 0.3) is 0 Å². The van der Waals surface area contributed by atoms with Crippen molar-refractivity contribution in [1.29, 1.82) is 0 Å². The van der Waals surface area contributed by atoms with Crippen molar-refractivity contribution in [2.24, 2.45) is 0 Å². The van der Waals surface area contributed by atoms with Crippen LogP contribution in [0.4, 0.5) is 0 Å². The highest BCUT2D eigenvalue weighted by Crippen LogP contribution is 2.40. The maximum absolute atomic E-state index is 6.43. The smallest absolute Gasteiger partial charge is 0.223 e. The molecule has 0 amide bonds. The Morgan fingerprint density at radius 3 is 2.15 bits per heavy atom. The third-order valence-electron chi connectivity index (χ3n) is 8.39. The van der Waals surface area contributed by atoms with Gasteiger partial charge in [-0.3, -0.25) is 8.80 Å². The van der Waals surface area contributed by atoms with E-state index in [1.54, 1.807) is 0 Å². The van der Waals surface area contributed by atoms with Crippen LogP contribution in [0.2, 0.25) is 0 Å². The monoisotopic (exact) mass is 501 g/mol. The van der Waals surface area contributed by atoms with Crippen molar-refractivity contribution in [3.63, 3.8) is 0 Å². The lowest BCUT2D eigenvalue weighted by molar-refractivity contribution is 0.669. The maximum Gasteiger partial charge on any atom is 0.223 e. The summed E-state index contributed by atoms with van der Waals surface area (Å²) < 4.78 is 19.3. The first-order valence-corrected chi connectivity index (χ1v) is 12.9. The fourth-order valence-corrected chi connectivity index (χ4v) is 6.83. The average molecular weight is 502 g/mol. The minimum Gasteiger partial charge on any atom is -0.456 e. The van der Waals surface area contributed by atoms with E-state index in [-0.39, 0.29) is 0 Å². The third kappa shape index (κ3) is 1.94. The number of fused-ring (bicyclic) bond motifs is 18. The first-order valence-electron chi connectivity index (χ1n) is 12.9. The lowest BCUT2D eigenvalue weighted by Crippen LogP contribution is -1.87. The molecule has 0 spiro atoms. The van der Waals surface area contributed by atoms with Crippen molar-refractivity contribution in [3.8, 4) is 0 Å². The van der Waals surface area contributed by atoms with Crippen LogP contribution in [0.25, 0.3) is 94.0 Å². The van der Waals surface area contributed by atoms with Gasteiger partial charge in [0, 0.05) is 16.2 Å². The molecule has 0 N–H and O–H groups in total. The zero-order chi connectivity index (χ0) is 25.0. The van der Waals surface area contributed by atoms with Crippen LogP contribution in [0.5, 0.6) is 0 Å². The normalized spacial score (nSPS) is 13.1. The van der Waals surface area contributed by atoms with Gasteiger partial charge in [-0.1, -0.05) is 42.5 Å². The first-order chi connectivity index (χ1) is 19.3. The van der Waals surface area contributed by atoms with E-state index in [4.69, 9.17) is 18.8 Å². The number of imidazole rings is 4. The van der Waals surface area contributed by atoms with Crippen LogP contribution in [-0.2, 0) is 0 Å². The predicted octanol–water partition coefficient (Wildman–Crippen LogP) is 7.93. The molecule has 0 fully saturated rings. The van der Waals surface area contributed by atoms with Gasteiger partial charge in [0.15, 0.2) is 5.58 Å². The Bertz CT molecular complexity index is 2840. The molecule has 7 nitrogen and oxygen atoms in total. The van der Waals surface area contributed by atoms with Gasteiger partial charge in [0.05, 0.1) is 27.5 Å². The summed E-state index contributed by atoms with van der Waals surface area (Å²) in [6.45, 7) is 0. The van der Waals surface area contributed by atoms with Crippen LogP contribution in [0, 0.1) is 0 Å². The highest BCUT2D eigenvalue weighted by molar-refractivity contribution is 6.19. The van der Waals surface area contributed by atoms with Crippen molar-refractivity contribution in [3.05, 3.63) is 91.0 Å². The molecule has 0 aliphatic carbocycles. The molecular weight excluding hydrogens is 486 g/mol. The second-order valence-corrected chi connectivity index (χ2v) is 10.3. The van der Waals surface area contributed by atoms with Gasteiger partial charge in [-0.25, -0.2) is 14.4 Å². The van der Waals surface area contributed by atoms with E-state index in [1.165, 1.54) is 0 Å². The fourth-order valence-electron chi connectivity index (χ4n) is 6.83. The van der Waals surface area contributed by atoms with Gasteiger partial charge >= 0.3 is 0 Å². The van der Waals surface area contributed by atoms with Crippen LogP contribution < -0.4 is 0 Å². The van der Waals surface area contributed by atoms with Gasteiger partial charge in [-0.15, -0.1) is 0 Å². The van der Waals surface area contributed by atoms with E-state index in [0.29, 0.717) is 0 Å². The molecule has 7 heteroatoms. The topological polar surface area (TPSA) is 65.3 Å². The molecule has 0 aliphatic heterocycles. The van der Waals surface area contributed by atoms with Crippen LogP contribution in [0.3, 0.4) is 0 Å².